The van der Waals surface area contributed by atoms with E-state index < -0.39 is 0 Å². The number of carbonyl (C=O) groups is 1. The molecule has 162 valence electrons. The Kier molecular flexibility index (Phi) is 5.85. The van der Waals surface area contributed by atoms with Crippen LogP contribution in [-0.4, -0.2) is 25.8 Å². The summed E-state index contributed by atoms with van der Waals surface area (Å²) >= 11 is 0. The van der Waals surface area contributed by atoms with Crippen LogP contribution in [0.4, 0.5) is 23.0 Å². The van der Waals surface area contributed by atoms with Gasteiger partial charge < -0.3 is 21.4 Å². The number of anilines is 4. The van der Waals surface area contributed by atoms with Gasteiger partial charge in [-0.2, -0.15) is 0 Å². The lowest BCUT2D eigenvalue weighted by Crippen LogP contribution is -2.13. The van der Waals surface area contributed by atoms with E-state index in [1.807, 2.05) is 25.1 Å². The molecule has 0 aliphatic carbocycles. The third kappa shape index (κ3) is 4.59. The Morgan fingerprint density at radius 2 is 1.78 bits per heavy atom. The third-order valence-electron chi connectivity index (χ3n) is 4.92. The summed E-state index contributed by atoms with van der Waals surface area (Å²) in [5, 5.41) is 6.01. The minimum absolute atomic E-state index is 0.233. The number of H-pyrrole nitrogens is 1. The van der Waals surface area contributed by atoms with Crippen molar-refractivity contribution in [3.05, 3.63) is 77.9 Å². The molecule has 1 amide bonds. The molecule has 2 heterocycles. The van der Waals surface area contributed by atoms with Crippen LogP contribution in [0.5, 0.6) is 0 Å². The molecule has 8 heteroatoms. The monoisotopic (exact) mass is 427 g/mol. The Morgan fingerprint density at radius 1 is 1.03 bits per heavy atom. The van der Waals surface area contributed by atoms with E-state index in [0.717, 1.165) is 28.6 Å². The van der Waals surface area contributed by atoms with Gasteiger partial charge in [0, 0.05) is 17.4 Å². The number of nitrogens with two attached hydrogens (primary N) is 1. The molecule has 0 spiro atoms. The van der Waals surface area contributed by atoms with Crippen molar-refractivity contribution in [2.24, 2.45) is 0 Å². The molecule has 32 heavy (non-hydrogen) atoms. The fourth-order valence-corrected chi connectivity index (χ4v) is 3.32. The van der Waals surface area contributed by atoms with Gasteiger partial charge in [-0.15, -0.1) is 0 Å². The molecule has 0 bridgehead atoms. The van der Waals surface area contributed by atoms with Crippen LogP contribution in [0.2, 0.25) is 0 Å². The Labute approximate surface area is 186 Å². The van der Waals surface area contributed by atoms with Gasteiger partial charge in [0.15, 0.2) is 0 Å². The van der Waals surface area contributed by atoms with Gasteiger partial charge in [-0.3, -0.25) is 4.79 Å². The second-order valence-electron chi connectivity index (χ2n) is 7.75. The van der Waals surface area contributed by atoms with E-state index in [2.05, 4.69) is 44.4 Å². The summed E-state index contributed by atoms with van der Waals surface area (Å²) < 4.78 is 0. The number of aromatic amines is 1. The number of hydrogen-bond donors (Lipinski definition) is 4. The highest BCUT2D eigenvalue weighted by atomic mass is 16.1. The summed E-state index contributed by atoms with van der Waals surface area (Å²) in [5.74, 6) is 1.34. The van der Waals surface area contributed by atoms with Crippen LogP contribution in [0.15, 0.2) is 60.8 Å². The van der Waals surface area contributed by atoms with Crippen LogP contribution in [-0.2, 0) is 0 Å². The molecule has 2 aromatic heterocycles. The van der Waals surface area contributed by atoms with Crippen LogP contribution >= 0.6 is 0 Å². The molecule has 5 N–H and O–H groups in total. The second-order valence-corrected chi connectivity index (χ2v) is 7.75. The fourth-order valence-electron chi connectivity index (χ4n) is 3.32. The number of hydrogen-bond acceptors (Lipinski definition) is 6. The molecule has 0 aliphatic heterocycles. The third-order valence-corrected chi connectivity index (χ3v) is 4.92. The lowest BCUT2D eigenvalue weighted by atomic mass is 10.1. The van der Waals surface area contributed by atoms with Gasteiger partial charge in [0.25, 0.3) is 5.91 Å². The van der Waals surface area contributed by atoms with E-state index in [4.69, 9.17) is 5.73 Å². The minimum atomic E-state index is -0.233. The Hall–Kier alpha value is -4.20. The Balaban J connectivity index is 1.49. The zero-order chi connectivity index (χ0) is 22.7. The van der Waals surface area contributed by atoms with E-state index in [1.165, 1.54) is 0 Å². The summed E-state index contributed by atoms with van der Waals surface area (Å²) in [6, 6.07) is 16.1. The van der Waals surface area contributed by atoms with E-state index >= 15 is 0 Å². The molecule has 0 saturated heterocycles. The van der Waals surface area contributed by atoms with Crippen molar-refractivity contribution >= 4 is 28.9 Å². The number of benzene rings is 2. The molecule has 8 nitrogen and oxygen atoms in total. The molecule has 0 fully saturated rings. The first-order valence-corrected chi connectivity index (χ1v) is 10.3. The summed E-state index contributed by atoms with van der Waals surface area (Å²) in [7, 11) is 0. The summed E-state index contributed by atoms with van der Waals surface area (Å²) in [6.07, 6.45) is 1.71. The molecular formula is C24H25N7O. The molecule has 4 rings (SSSR count). The van der Waals surface area contributed by atoms with E-state index in [9.17, 15) is 4.79 Å². The highest BCUT2D eigenvalue weighted by Crippen LogP contribution is 2.26. The van der Waals surface area contributed by atoms with E-state index in [1.54, 1.807) is 42.6 Å². The average molecular weight is 428 g/mol. The number of para-hydroxylation sites is 2. The largest absolute Gasteiger partial charge is 0.397 e. The van der Waals surface area contributed by atoms with Crippen molar-refractivity contribution in [3.8, 4) is 11.4 Å². The number of nitrogens with one attached hydrogen (secondary N) is 3. The minimum Gasteiger partial charge on any atom is -0.397 e. The quantitative estimate of drug-likeness (QED) is 0.326. The zero-order valence-electron chi connectivity index (χ0n) is 18.2. The lowest BCUT2D eigenvalue weighted by Gasteiger charge is -2.10. The van der Waals surface area contributed by atoms with Crippen LogP contribution in [0, 0.1) is 6.92 Å². The summed E-state index contributed by atoms with van der Waals surface area (Å²) in [5.41, 5.74) is 10.9. The summed E-state index contributed by atoms with van der Waals surface area (Å²) in [4.78, 5) is 29.3. The average Bonchev–Trinajstić information content (AvgIpc) is 3.18. The normalized spacial score (nSPS) is 10.9. The highest BCUT2D eigenvalue weighted by Gasteiger charge is 2.15. The predicted molar refractivity (Wildman–Crippen MR) is 127 cm³/mol. The van der Waals surface area contributed by atoms with Crippen molar-refractivity contribution in [1.29, 1.82) is 0 Å². The zero-order valence-corrected chi connectivity index (χ0v) is 18.2. The maximum Gasteiger partial charge on any atom is 0.255 e. The van der Waals surface area contributed by atoms with Crippen molar-refractivity contribution in [1.82, 2.24) is 19.9 Å². The summed E-state index contributed by atoms with van der Waals surface area (Å²) in [6.45, 7) is 6.13. The van der Waals surface area contributed by atoms with Gasteiger partial charge in [0.1, 0.15) is 5.82 Å². The van der Waals surface area contributed by atoms with Gasteiger partial charge in [0.05, 0.1) is 28.5 Å². The maximum absolute atomic E-state index is 12.5. The number of rotatable bonds is 6. The highest BCUT2D eigenvalue weighted by molar-refractivity contribution is 6.05. The van der Waals surface area contributed by atoms with Crippen LogP contribution in [0.1, 0.15) is 41.6 Å². The number of aryl methyl sites for hydroxylation is 1. The topological polar surface area (TPSA) is 122 Å². The van der Waals surface area contributed by atoms with Crippen LogP contribution in [0.3, 0.4) is 0 Å². The second kappa shape index (κ2) is 8.89. The first-order chi connectivity index (χ1) is 15.4. The van der Waals surface area contributed by atoms with E-state index in [-0.39, 0.29) is 11.8 Å². The Bertz CT molecular complexity index is 1250. The molecule has 4 aromatic rings. The van der Waals surface area contributed by atoms with Crippen molar-refractivity contribution in [2.45, 2.75) is 26.7 Å². The molecular weight excluding hydrogens is 402 g/mol. The first kappa shape index (κ1) is 21.0. The smallest absolute Gasteiger partial charge is 0.255 e. The van der Waals surface area contributed by atoms with Crippen molar-refractivity contribution in [2.75, 3.05) is 16.4 Å². The SMILES string of the molecule is Cc1nc(C(C)C)c(-c2ccnc(Nc3ccc(C(=O)Nc4ccccc4N)cc3)n2)[nH]1. The number of carbonyl (C=O) groups excluding carboxylic acids is 1. The van der Waals surface area contributed by atoms with E-state index in [0.29, 0.717) is 22.9 Å². The number of aromatic nitrogens is 4. The molecule has 0 atom stereocenters. The maximum atomic E-state index is 12.5. The number of nitrogen functional groups attached to an aromatic ring is 1. The molecule has 0 aliphatic rings. The van der Waals surface area contributed by atoms with Crippen LogP contribution in [0.25, 0.3) is 11.4 Å². The molecule has 0 unspecified atom stereocenters. The fraction of sp³-hybridized carbons (Fsp3) is 0.167. The molecule has 0 radical (unpaired) electrons. The lowest BCUT2D eigenvalue weighted by molar-refractivity contribution is 0.102. The molecule has 0 saturated carbocycles. The van der Waals surface area contributed by atoms with Gasteiger partial charge in [-0.1, -0.05) is 26.0 Å². The van der Waals surface area contributed by atoms with Gasteiger partial charge in [-0.25, -0.2) is 15.0 Å². The Morgan fingerprint density at radius 3 is 2.50 bits per heavy atom. The number of imidazole rings is 1. The van der Waals surface area contributed by atoms with Crippen LogP contribution < -0.4 is 16.4 Å². The number of amides is 1. The molecule has 2 aromatic carbocycles. The van der Waals surface area contributed by atoms with Crippen molar-refractivity contribution < 1.29 is 4.79 Å². The van der Waals surface area contributed by atoms with Gasteiger partial charge in [0.2, 0.25) is 5.95 Å². The standard InChI is InChI=1S/C24H25N7O/c1-14(2)21-22(28-15(3)27-21)20-12-13-26-24(31-20)29-17-10-8-16(9-11-17)23(32)30-19-7-5-4-6-18(19)25/h4-14H,25H2,1-3H3,(H,27,28)(H,30,32)(H,26,29,31). The first-order valence-electron chi connectivity index (χ1n) is 10.3. The predicted octanol–water partition coefficient (Wildman–Crippen LogP) is 4.88. The van der Waals surface area contributed by atoms with Crippen molar-refractivity contribution in [3.63, 3.8) is 0 Å². The van der Waals surface area contributed by atoms with Gasteiger partial charge in [-0.05, 0) is 55.3 Å². The van der Waals surface area contributed by atoms with Gasteiger partial charge >= 0.3 is 0 Å². The number of nitrogens with zero attached hydrogens (tertiary/aromatic N) is 3.